The smallest absolute Gasteiger partial charge is 1.00 e. The Morgan fingerprint density at radius 1 is 1.06 bits per heavy atom. The molecule has 0 amide bonds. The summed E-state index contributed by atoms with van der Waals surface area (Å²) in [6, 6.07) is 0. The molecule has 0 rings (SSSR count). The Morgan fingerprint density at radius 2 is 1.25 bits per heavy atom. The van der Waals surface area contributed by atoms with Crippen LogP contribution in [0.25, 0.3) is 0 Å². The van der Waals surface area contributed by atoms with E-state index < -0.39 is 18.1 Å². The average molecular weight is 507 g/mol. The van der Waals surface area contributed by atoms with Gasteiger partial charge >= 0.3 is 57.2 Å². The van der Waals surface area contributed by atoms with E-state index in [0.717, 1.165) is 0 Å². The molecule has 6 nitrogen and oxygen atoms in total. The summed E-state index contributed by atoms with van der Waals surface area (Å²) in [5.41, 5.74) is 0. The van der Waals surface area contributed by atoms with Crippen LogP contribution >= 0.6 is 0 Å². The van der Waals surface area contributed by atoms with Crippen molar-refractivity contribution in [3.05, 3.63) is 0 Å². The molecule has 2 atom stereocenters. The number of hydrogen-bond donors (Lipinski definition) is 0. The van der Waals surface area contributed by atoms with Crippen molar-refractivity contribution in [2.24, 2.45) is 0 Å². The molecule has 0 aliphatic heterocycles. The van der Waals surface area contributed by atoms with Crippen LogP contribution in [0.2, 0.25) is 0 Å². The van der Waals surface area contributed by atoms with Gasteiger partial charge in [0.1, 0.15) is 0 Å². The van der Waals surface area contributed by atoms with Crippen LogP contribution in [0.1, 0.15) is 15.3 Å². The molecule has 0 aliphatic rings. The maximum Gasteiger partial charge on any atom is 2.00 e. The fourth-order valence-corrected chi connectivity index (χ4v) is 1.44. The van der Waals surface area contributed by atoms with E-state index in [0.29, 0.717) is 0 Å². The van der Waals surface area contributed by atoms with E-state index in [-0.39, 0.29) is 71.9 Å². The van der Waals surface area contributed by atoms with Crippen molar-refractivity contribution in [2.45, 2.75) is 13.8 Å². The van der Waals surface area contributed by atoms with Crippen molar-refractivity contribution in [3.63, 3.8) is 0 Å². The minimum Gasteiger partial charge on any atom is -1.00 e. The van der Waals surface area contributed by atoms with Gasteiger partial charge in [-0.1, -0.05) is 0 Å². The van der Waals surface area contributed by atoms with Gasteiger partial charge in [0, 0.05) is 0 Å². The molecule has 0 spiro atoms. The summed E-state index contributed by atoms with van der Waals surface area (Å²) in [5.74, 6) is 0. The maximum absolute atomic E-state index is 9.82. The quantitative estimate of drug-likeness (QED) is 0.367. The van der Waals surface area contributed by atoms with Crippen molar-refractivity contribution in [3.8, 4) is 0 Å². The van der Waals surface area contributed by atoms with E-state index in [2.05, 4.69) is 30.7 Å². The van der Waals surface area contributed by atoms with Gasteiger partial charge in [-0.2, -0.15) is 0 Å². The average Bonchev–Trinajstić information content (AvgIpc) is 1.81. The van der Waals surface area contributed by atoms with Crippen LogP contribution in [0.4, 0.5) is 0 Å². The fourth-order valence-electron chi connectivity index (χ4n) is 0.289. The second-order valence-electron chi connectivity index (χ2n) is 1.63. The van der Waals surface area contributed by atoms with Crippen LogP contribution in [-0.2, 0) is 76.5 Å². The van der Waals surface area contributed by atoms with Crippen molar-refractivity contribution < 1.29 is 84.5 Å². The molecular formula is C4H11HgNaO6S4. The van der Waals surface area contributed by atoms with Gasteiger partial charge < -0.3 is 10.5 Å². The molecule has 0 aromatic carbocycles. The van der Waals surface area contributed by atoms with Gasteiger partial charge in [0.2, 0.25) is 0 Å². The van der Waals surface area contributed by atoms with Crippen LogP contribution in [0, 0.1) is 0 Å². The number of rotatable bonds is 4. The molecule has 2 unspecified atom stereocenters. The van der Waals surface area contributed by atoms with E-state index in [9.17, 15) is 17.5 Å². The predicted octanol–water partition coefficient (Wildman–Crippen LogP) is -3.26. The minimum atomic E-state index is -3.59. The van der Waals surface area contributed by atoms with Gasteiger partial charge in [-0.3, -0.25) is 8.37 Å². The van der Waals surface area contributed by atoms with Gasteiger partial charge in [-0.15, -0.1) is 0 Å². The van der Waals surface area contributed by atoms with Crippen LogP contribution in [0.15, 0.2) is 0 Å². The summed E-state index contributed by atoms with van der Waals surface area (Å²) in [5, 5.41) is 0. The van der Waals surface area contributed by atoms with Crippen molar-refractivity contribution >= 4 is 40.5 Å². The zero-order chi connectivity index (χ0) is 11.8. The summed E-state index contributed by atoms with van der Waals surface area (Å²) in [4.78, 5) is 0. The van der Waals surface area contributed by atoms with E-state index in [1.807, 2.05) is 0 Å². The maximum atomic E-state index is 9.82. The number of hydrogen-bond acceptors (Lipinski definition) is 8. The van der Waals surface area contributed by atoms with E-state index in [1.165, 1.54) is 0 Å². The first-order chi connectivity index (χ1) is 6.12. The third kappa shape index (κ3) is 36.0. The summed E-state index contributed by atoms with van der Waals surface area (Å²) in [6.45, 7) is 3.35. The van der Waals surface area contributed by atoms with Crippen molar-refractivity contribution in [1.29, 1.82) is 0 Å². The third-order valence-electron chi connectivity index (χ3n) is 0.524. The molecule has 0 heterocycles. The van der Waals surface area contributed by atoms with Crippen LogP contribution in [-0.4, -0.2) is 30.7 Å². The normalized spacial score (nSPS) is 16.2. The SMILES string of the molecule is CCOS(=O)([O-])=S.CCOS(=O)([O-])=S.[H-].[Hg+2].[Na+]. The molecule has 0 radical (unpaired) electrons. The summed E-state index contributed by atoms with van der Waals surface area (Å²) < 4.78 is 47.3. The largest absolute Gasteiger partial charge is 2.00 e. The molecule has 0 saturated heterocycles. The first-order valence-corrected chi connectivity index (χ1v) is 7.99. The molecule has 0 aromatic heterocycles. The van der Waals surface area contributed by atoms with Gasteiger partial charge in [0.05, 0.1) is 31.3 Å². The Hall–Kier alpha value is 2.52. The van der Waals surface area contributed by atoms with Crippen LogP contribution in [0.3, 0.4) is 0 Å². The Kier molecular flexibility index (Phi) is 23.5. The van der Waals surface area contributed by atoms with Gasteiger partial charge in [0.15, 0.2) is 0 Å². The van der Waals surface area contributed by atoms with Crippen LogP contribution in [0.5, 0.6) is 0 Å². The Balaban J connectivity index is -0.0000000480. The monoisotopic (exact) mass is 508 g/mol. The topological polar surface area (TPSA) is 98.7 Å². The second-order valence-corrected chi connectivity index (χ2v) is 6.18. The van der Waals surface area contributed by atoms with E-state index in [4.69, 9.17) is 0 Å². The first-order valence-electron chi connectivity index (χ1n) is 3.32. The first kappa shape index (κ1) is 27.0. The zero-order valence-corrected chi connectivity index (χ0v) is 20.0. The molecule has 0 N–H and O–H groups in total. The van der Waals surface area contributed by atoms with Gasteiger partial charge in [0.25, 0.3) is 0 Å². The molecule has 16 heavy (non-hydrogen) atoms. The third-order valence-corrected chi connectivity index (χ3v) is 2.15. The standard InChI is InChI=1S/2C2H6O3S2.Hg.Na.H/c2*1-2-5-7(3,4)6;;;/h2*2H2,1H3,(H,3,4,6);;;/q;;+2;+1;-1/p-2. The minimum absolute atomic E-state index is 0. The molecule has 90 valence electrons. The molecule has 12 heteroatoms. The van der Waals surface area contributed by atoms with Gasteiger partial charge in [-0.25, -0.2) is 8.42 Å². The second kappa shape index (κ2) is 13.9. The van der Waals surface area contributed by atoms with E-state index >= 15 is 0 Å². The Morgan fingerprint density at radius 3 is 1.25 bits per heavy atom. The molecular weight excluding hydrogens is 496 g/mol. The Labute approximate surface area is 150 Å². The van der Waals surface area contributed by atoms with Crippen LogP contribution < -0.4 is 29.6 Å². The predicted molar refractivity (Wildman–Crippen MR) is 56.9 cm³/mol. The molecule has 0 aliphatic carbocycles. The molecule has 0 aromatic rings. The zero-order valence-electron chi connectivity index (χ0n) is 10.2. The van der Waals surface area contributed by atoms with Gasteiger partial charge in [-0.05, 0) is 36.2 Å². The fraction of sp³-hybridized carbons (Fsp3) is 1.00. The molecule has 0 bridgehead atoms. The summed E-state index contributed by atoms with van der Waals surface area (Å²) in [6.07, 6.45) is 0. The molecule has 0 fully saturated rings. The molecule has 0 saturated carbocycles. The van der Waals surface area contributed by atoms with Crippen molar-refractivity contribution in [1.82, 2.24) is 0 Å². The Bertz CT molecular complexity index is 298. The summed E-state index contributed by atoms with van der Waals surface area (Å²) >= 11 is 7.67. The van der Waals surface area contributed by atoms with Crippen molar-refractivity contribution in [2.75, 3.05) is 13.2 Å². The van der Waals surface area contributed by atoms with E-state index in [1.54, 1.807) is 13.8 Å². The summed E-state index contributed by atoms with van der Waals surface area (Å²) in [7, 11) is -7.18.